The van der Waals surface area contributed by atoms with Gasteiger partial charge in [0, 0.05) is 18.3 Å². The third-order valence-electron chi connectivity index (χ3n) is 3.61. The maximum atomic E-state index is 11.9. The van der Waals surface area contributed by atoms with E-state index >= 15 is 0 Å². The third kappa shape index (κ3) is 8.76. The molecule has 0 bridgehead atoms. The molecule has 1 fully saturated rings. The molecule has 1 aliphatic carbocycles. The minimum Gasteiger partial charge on any atom is -0.316 e. The van der Waals surface area contributed by atoms with Crippen LogP contribution in [0.25, 0.3) is 0 Å². The van der Waals surface area contributed by atoms with Crippen LogP contribution in [0, 0.1) is 0 Å². The van der Waals surface area contributed by atoms with Gasteiger partial charge in [-0.05, 0) is 51.2 Å². The van der Waals surface area contributed by atoms with E-state index in [9.17, 15) is 13.2 Å². The van der Waals surface area contributed by atoms with Crippen molar-refractivity contribution in [2.45, 2.75) is 50.1 Å². The Hall–Kier alpha value is 0.0600. The minimum absolute atomic E-state index is 0.0477. The first-order chi connectivity index (χ1) is 8.99. The molecule has 0 unspecified atom stereocenters. The van der Waals surface area contributed by atoms with Crippen LogP contribution in [0.2, 0.25) is 0 Å². The number of thioether (sulfide) groups is 1. The molecule has 0 aliphatic heterocycles. The zero-order valence-corrected chi connectivity index (χ0v) is 12.5. The fraction of sp³-hybridized carbons (Fsp3) is 1.00. The number of nitrogens with zero attached hydrogens (tertiary/aromatic N) is 1. The molecular weight excluding hydrogens is 273 g/mol. The van der Waals surface area contributed by atoms with Crippen molar-refractivity contribution in [3.05, 3.63) is 0 Å². The van der Waals surface area contributed by atoms with Gasteiger partial charge in [-0.1, -0.05) is 19.3 Å². The Morgan fingerprint density at radius 2 is 1.84 bits per heavy atom. The van der Waals surface area contributed by atoms with Crippen molar-refractivity contribution in [1.82, 2.24) is 10.2 Å². The predicted octanol–water partition coefficient (Wildman–Crippen LogP) is 3.48. The molecule has 0 aromatic carbocycles. The molecule has 1 rings (SSSR count). The van der Waals surface area contributed by atoms with Crippen molar-refractivity contribution >= 4 is 11.8 Å². The molecule has 19 heavy (non-hydrogen) atoms. The fourth-order valence-corrected chi connectivity index (χ4v) is 3.00. The first kappa shape index (κ1) is 17.1. The van der Waals surface area contributed by atoms with E-state index in [1.165, 1.54) is 32.1 Å². The molecule has 1 N–H and O–H groups in total. The van der Waals surface area contributed by atoms with E-state index in [4.69, 9.17) is 0 Å². The number of hydrogen-bond donors (Lipinski definition) is 1. The predicted molar refractivity (Wildman–Crippen MR) is 75.5 cm³/mol. The lowest BCUT2D eigenvalue weighted by Gasteiger charge is -2.31. The summed E-state index contributed by atoms with van der Waals surface area (Å²) in [6.45, 7) is 2.26. The van der Waals surface area contributed by atoms with Crippen LogP contribution in [0.1, 0.15) is 38.5 Å². The SMILES string of the molecule is CN(CCCNCCSC(F)(F)F)C1CCCCC1. The second-order valence-electron chi connectivity index (χ2n) is 5.17. The molecule has 2 nitrogen and oxygen atoms in total. The van der Waals surface area contributed by atoms with Gasteiger partial charge in [-0.3, -0.25) is 0 Å². The number of hydrogen-bond acceptors (Lipinski definition) is 3. The summed E-state index contributed by atoms with van der Waals surface area (Å²) >= 11 is 0.0477. The fourth-order valence-electron chi connectivity index (χ4n) is 2.52. The molecular formula is C13H25F3N2S. The van der Waals surface area contributed by atoms with E-state index in [0.717, 1.165) is 25.6 Å². The normalized spacial score (nSPS) is 18.2. The molecule has 114 valence electrons. The van der Waals surface area contributed by atoms with Gasteiger partial charge in [-0.2, -0.15) is 13.2 Å². The molecule has 0 aromatic heterocycles. The zero-order chi connectivity index (χ0) is 14.1. The Labute approximate surface area is 118 Å². The van der Waals surface area contributed by atoms with Gasteiger partial charge in [-0.15, -0.1) is 0 Å². The smallest absolute Gasteiger partial charge is 0.316 e. The standard InChI is InChI=1S/C13H25F3N2S/c1-18(12-6-3-2-4-7-12)10-5-8-17-9-11-19-13(14,15)16/h12,17H,2-11H2,1H3. The van der Waals surface area contributed by atoms with Crippen LogP contribution in [-0.4, -0.2) is 48.9 Å². The number of rotatable bonds is 8. The minimum atomic E-state index is -4.09. The molecule has 0 spiro atoms. The third-order valence-corrected chi connectivity index (χ3v) is 4.34. The molecule has 0 aromatic rings. The van der Waals surface area contributed by atoms with Gasteiger partial charge in [0.15, 0.2) is 0 Å². The highest BCUT2D eigenvalue weighted by Gasteiger charge is 2.27. The Morgan fingerprint density at radius 1 is 1.16 bits per heavy atom. The summed E-state index contributed by atoms with van der Waals surface area (Å²) in [6, 6.07) is 0.717. The zero-order valence-electron chi connectivity index (χ0n) is 11.6. The molecule has 0 saturated heterocycles. The number of alkyl halides is 3. The lowest BCUT2D eigenvalue weighted by atomic mass is 9.94. The summed E-state index contributed by atoms with van der Waals surface area (Å²) in [5.74, 6) is 0.0992. The maximum absolute atomic E-state index is 11.9. The monoisotopic (exact) mass is 298 g/mol. The van der Waals surface area contributed by atoms with Crippen LogP contribution < -0.4 is 5.32 Å². The molecule has 0 amide bonds. The van der Waals surface area contributed by atoms with E-state index in [1.54, 1.807) is 0 Å². The van der Waals surface area contributed by atoms with E-state index in [1.807, 2.05) is 0 Å². The first-order valence-corrected chi connectivity index (χ1v) is 8.09. The van der Waals surface area contributed by atoms with Gasteiger partial charge < -0.3 is 10.2 Å². The van der Waals surface area contributed by atoms with E-state index in [-0.39, 0.29) is 17.5 Å². The molecule has 1 aliphatic rings. The summed E-state index contributed by atoms with van der Waals surface area (Å²) in [6.07, 6.45) is 7.63. The first-order valence-electron chi connectivity index (χ1n) is 7.10. The maximum Gasteiger partial charge on any atom is 0.441 e. The van der Waals surface area contributed by atoms with Gasteiger partial charge in [-0.25, -0.2) is 0 Å². The highest BCUT2D eigenvalue weighted by Crippen LogP contribution is 2.29. The van der Waals surface area contributed by atoms with Crippen LogP contribution >= 0.6 is 11.8 Å². The highest BCUT2D eigenvalue weighted by molar-refractivity contribution is 8.00. The summed E-state index contributed by atoms with van der Waals surface area (Å²) in [7, 11) is 2.16. The van der Waals surface area contributed by atoms with Crippen LogP contribution in [0.5, 0.6) is 0 Å². The van der Waals surface area contributed by atoms with Crippen LogP contribution in [0.4, 0.5) is 13.2 Å². The van der Waals surface area contributed by atoms with Crippen LogP contribution in [0.15, 0.2) is 0 Å². The summed E-state index contributed by atoms with van der Waals surface area (Å²) in [5.41, 5.74) is -4.09. The van der Waals surface area contributed by atoms with Gasteiger partial charge in [0.25, 0.3) is 0 Å². The van der Waals surface area contributed by atoms with E-state index in [0.29, 0.717) is 6.54 Å². The lowest BCUT2D eigenvalue weighted by molar-refractivity contribution is -0.0327. The number of nitrogens with one attached hydrogen (secondary N) is 1. The largest absolute Gasteiger partial charge is 0.441 e. The van der Waals surface area contributed by atoms with Gasteiger partial charge in [0.1, 0.15) is 0 Å². The topological polar surface area (TPSA) is 15.3 Å². The summed E-state index contributed by atoms with van der Waals surface area (Å²) in [5, 5.41) is 3.07. The average Bonchev–Trinajstić information content (AvgIpc) is 2.37. The molecule has 0 heterocycles. The van der Waals surface area contributed by atoms with Gasteiger partial charge in [0.2, 0.25) is 0 Å². The van der Waals surface area contributed by atoms with Crippen LogP contribution in [0.3, 0.4) is 0 Å². The molecule has 6 heteroatoms. The van der Waals surface area contributed by atoms with Crippen molar-refractivity contribution in [2.24, 2.45) is 0 Å². The Kier molecular flexibility index (Phi) is 8.18. The quantitative estimate of drug-likeness (QED) is 0.691. The average molecular weight is 298 g/mol. The lowest BCUT2D eigenvalue weighted by Crippen LogP contribution is -2.35. The van der Waals surface area contributed by atoms with Crippen molar-refractivity contribution < 1.29 is 13.2 Å². The summed E-state index contributed by atoms with van der Waals surface area (Å²) in [4.78, 5) is 2.41. The van der Waals surface area contributed by atoms with E-state index in [2.05, 4.69) is 17.3 Å². The second-order valence-corrected chi connectivity index (χ2v) is 6.33. The summed E-state index contributed by atoms with van der Waals surface area (Å²) < 4.78 is 35.6. The van der Waals surface area contributed by atoms with Crippen molar-refractivity contribution in [1.29, 1.82) is 0 Å². The van der Waals surface area contributed by atoms with Crippen molar-refractivity contribution in [3.8, 4) is 0 Å². The molecule has 0 atom stereocenters. The van der Waals surface area contributed by atoms with Gasteiger partial charge >= 0.3 is 5.51 Å². The van der Waals surface area contributed by atoms with Crippen molar-refractivity contribution in [2.75, 3.05) is 32.4 Å². The van der Waals surface area contributed by atoms with Crippen LogP contribution in [-0.2, 0) is 0 Å². The highest BCUT2D eigenvalue weighted by atomic mass is 32.2. The van der Waals surface area contributed by atoms with E-state index < -0.39 is 5.51 Å². The Morgan fingerprint density at radius 3 is 2.47 bits per heavy atom. The van der Waals surface area contributed by atoms with Gasteiger partial charge in [0.05, 0.1) is 0 Å². The molecule has 0 radical (unpaired) electrons. The Balaban J connectivity index is 1.92. The molecule has 1 saturated carbocycles. The Bertz CT molecular complexity index is 230. The van der Waals surface area contributed by atoms with Crippen molar-refractivity contribution in [3.63, 3.8) is 0 Å². The number of halogens is 3. The second kappa shape index (κ2) is 9.08.